The number of esters is 1. The van der Waals surface area contributed by atoms with Crippen molar-refractivity contribution in [3.05, 3.63) is 22.3 Å². The average Bonchev–Trinajstić information content (AvgIpc) is 2.71. The highest BCUT2D eigenvalue weighted by atomic mass is 35.5. The monoisotopic (exact) mass is 305 g/mol. The second-order valence-corrected chi connectivity index (χ2v) is 5.62. The number of carbonyl (C=O) groups is 1. The summed E-state index contributed by atoms with van der Waals surface area (Å²) in [5.41, 5.74) is 0.501. The van der Waals surface area contributed by atoms with Crippen molar-refractivity contribution in [2.45, 2.75) is 17.3 Å². The Morgan fingerprint density at radius 2 is 2.22 bits per heavy atom. The zero-order valence-corrected chi connectivity index (χ0v) is 11.9. The highest BCUT2D eigenvalue weighted by Crippen LogP contribution is 2.27. The minimum absolute atomic E-state index is 0.329. The number of methoxy groups -OCH3 is 1. The van der Waals surface area contributed by atoms with Crippen LogP contribution in [0.1, 0.15) is 6.92 Å². The fraction of sp³-hybridized carbons (Fsp3) is 0.300. The number of rotatable bonds is 3. The maximum absolute atomic E-state index is 11.4. The number of aromatic nitrogens is 3. The van der Waals surface area contributed by atoms with E-state index in [1.807, 2.05) is 0 Å². The van der Waals surface area contributed by atoms with Crippen LogP contribution in [-0.4, -0.2) is 32.9 Å². The summed E-state index contributed by atoms with van der Waals surface area (Å²) in [5.74, 6) is -0.329. The molecule has 18 heavy (non-hydrogen) atoms. The van der Waals surface area contributed by atoms with Gasteiger partial charge in [-0.25, -0.2) is 0 Å². The number of pyridine rings is 1. The van der Waals surface area contributed by atoms with Crippen LogP contribution in [0.15, 0.2) is 17.4 Å². The van der Waals surface area contributed by atoms with Crippen LogP contribution < -0.4 is 0 Å². The van der Waals surface area contributed by atoms with Crippen LogP contribution in [0.2, 0.25) is 10.0 Å². The fourth-order valence-corrected chi connectivity index (χ4v) is 2.71. The minimum atomic E-state index is -0.389. The summed E-state index contributed by atoms with van der Waals surface area (Å²) in [5, 5.41) is 8.95. The van der Waals surface area contributed by atoms with E-state index in [1.165, 1.54) is 18.9 Å². The van der Waals surface area contributed by atoms with Crippen molar-refractivity contribution in [3.63, 3.8) is 0 Å². The topological polar surface area (TPSA) is 56.5 Å². The molecule has 0 amide bonds. The molecule has 0 aliphatic heterocycles. The Kier molecular flexibility index (Phi) is 3.99. The van der Waals surface area contributed by atoms with Crippen molar-refractivity contribution in [1.82, 2.24) is 14.6 Å². The molecule has 0 radical (unpaired) electrons. The van der Waals surface area contributed by atoms with Gasteiger partial charge in [0, 0.05) is 6.20 Å². The molecule has 1 atom stereocenters. The number of hydrogen-bond acceptors (Lipinski definition) is 5. The van der Waals surface area contributed by atoms with Crippen LogP contribution in [0.3, 0.4) is 0 Å². The van der Waals surface area contributed by atoms with Crippen molar-refractivity contribution >= 4 is 46.6 Å². The third kappa shape index (κ3) is 2.55. The fourth-order valence-electron chi connectivity index (χ4n) is 1.36. The summed E-state index contributed by atoms with van der Waals surface area (Å²) in [7, 11) is 1.34. The minimum Gasteiger partial charge on any atom is -0.468 e. The normalized spacial score (nSPS) is 12.7. The Morgan fingerprint density at radius 1 is 1.50 bits per heavy atom. The summed E-state index contributed by atoms with van der Waals surface area (Å²) in [6, 6.07) is 1.59. The van der Waals surface area contributed by atoms with E-state index in [0.29, 0.717) is 20.8 Å². The van der Waals surface area contributed by atoms with E-state index in [-0.39, 0.29) is 11.2 Å². The molecule has 0 spiro atoms. The second kappa shape index (κ2) is 5.34. The number of thioether (sulfide) groups is 1. The first-order valence-corrected chi connectivity index (χ1v) is 6.60. The van der Waals surface area contributed by atoms with Gasteiger partial charge in [0.15, 0.2) is 10.8 Å². The molecule has 0 saturated carbocycles. The number of fused-ring (bicyclic) bond motifs is 1. The van der Waals surface area contributed by atoms with Gasteiger partial charge in [-0.1, -0.05) is 35.0 Å². The van der Waals surface area contributed by atoms with E-state index >= 15 is 0 Å². The molecule has 5 nitrogen and oxygen atoms in total. The SMILES string of the molecule is COC(=O)[C@H](C)Sc1nnc2c(Cl)cc(Cl)cn12. The molecule has 0 saturated heterocycles. The molecule has 0 unspecified atom stereocenters. The van der Waals surface area contributed by atoms with Crippen molar-refractivity contribution in [2.75, 3.05) is 7.11 Å². The maximum Gasteiger partial charge on any atom is 0.318 e. The Bertz CT molecular complexity index is 602. The lowest BCUT2D eigenvalue weighted by Gasteiger charge is -2.07. The number of hydrogen-bond donors (Lipinski definition) is 0. The molecule has 2 aromatic rings. The quantitative estimate of drug-likeness (QED) is 0.644. The Labute approximate surface area is 117 Å². The largest absolute Gasteiger partial charge is 0.468 e. The highest BCUT2D eigenvalue weighted by Gasteiger charge is 2.19. The standard InChI is InChI=1S/C10H9Cl2N3O2S/c1-5(9(16)17-2)18-10-14-13-8-7(12)3-6(11)4-15(8)10/h3-5H,1-2H3/t5-/m0/s1. The van der Waals surface area contributed by atoms with Crippen LogP contribution in [0.4, 0.5) is 0 Å². The van der Waals surface area contributed by atoms with Crippen LogP contribution in [-0.2, 0) is 9.53 Å². The van der Waals surface area contributed by atoms with Gasteiger partial charge in [-0.3, -0.25) is 9.20 Å². The molecule has 0 aromatic carbocycles. The molecule has 96 valence electrons. The predicted molar refractivity (Wildman–Crippen MR) is 70.3 cm³/mol. The summed E-state index contributed by atoms with van der Waals surface area (Å²) in [6.45, 7) is 1.73. The molecular weight excluding hydrogens is 297 g/mol. The average molecular weight is 306 g/mol. The molecule has 0 bridgehead atoms. The van der Waals surface area contributed by atoms with Gasteiger partial charge in [-0.2, -0.15) is 0 Å². The van der Waals surface area contributed by atoms with Gasteiger partial charge in [-0.15, -0.1) is 10.2 Å². The number of carbonyl (C=O) groups excluding carboxylic acids is 1. The van der Waals surface area contributed by atoms with E-state index in [2.05, 4.69) is 14.9 Å². The lowest BCUT2D eigenvalue weighted by molar-refractivity contribution is -0.139. The molecule has 2 heterocycles. The molecule has 0 aliphatic carbocycles. The zero-order chi connectivity index (χ0) is 13.3. The van der Waals surface area contributed by atoms with Crippen LogP contribution >= 0.6 is 35.0 Å². The zero-order valence-electron chi connectivity index (χ0n) is 9.55. The van der Waals surface area contributed by atoms with Gasteiger partial charge in [0.1, 0.15) is 5.25 Å². The molecule has 0 fully saturated rings. The lowest BCUT2D eigenvalue weighted by atomic mass is 10.5. The first-order valence-electron chi connectivity index (χ1n) is 4.97. The summed E-state index contributed by atoms with van der Waals surface area (Å²) in [4.78, 5) is 11.4. The molecule has 2 aromatic heterocycles. The van der Waals surface area contributed by atoms with E-state index in [0.717, 1.165) is 0 Å². The smallest absolute Gasteiger partial charge is 0.318 e. The van der Waals surface area contributed by atoms with Gasteiger partial charge in [0.25, 0.3) is 0 Å². The summed E-state index contributed by atoms with van der Waals surface area (Å²) in [6.07, 6.45) is 1.65. The van der Waals surface area contributed by atoms with Gasteiger partial charge >= 0.3 is 5.97 Å². The Balaban J connectivity index is 2.38. The van der Waals surface area contributed by atoms with Gasteiger partial charge in [0.2, 0.25) is 0 Å². The Hall–Kier alpha value is -0.980. The molecule has 0 N–H and O–H groups in total. The van der Waals surface area contributed by atoms with Crippen molar-refractivity contribution in [2.24, 2.45) is 0 Å². The highest BCUT2D eigenvalue weighted by molar-refractivity contribution is 8.00. The van der Waals surface area contributed by atoms with Gasteiger partial charge < -0.3 is 4.74 Å². The number of halogens is 2. The first-order chi connectivity index (χ1) is 8.52. The predicted octanol–water partition coefficient (Wildman–Crippen LogP) is 2.69. The van der Waals surface area contributed by atoms with Crippen molar-refractivity contribution < 1.29 is 9.53 Å². The van der Waals surface area contributed by atoms with E-state index in [9.17, 15) is 4.79 Å². The van der Waals surface area contributed by atoms with Gasteiger partial charge in [-0.05, 0) is 13.0 Å². The van der Waals surface area contributed by atoms with E-state index < -0.39 is 0 Å². The van der Waals surface area contributed by atoms with Crippen molar-refractivity contribution in [3.8, 4) is 0 Å². The number of nitrogens with zero attached hydrogens (tertiary/aromatic N) is 3. The van der Waals surface area contributed by atoms with Gasteiger partial charge in [0.05, 0.1) is 17.2 Å². The third-order valence-electron chi connectivity index (χ3n) is 2.21. The second-order valence-electron chi connectivity index (χ2n) is 3.47. The van der Waals surface area contributed by atoms with Crippen LogP contribution in [0.25, 0.3) is 5.65 Å². The van der Waals surface area contributed by atoms with E-state index in [1.54, 1.807) is 23.6 Å². The van der Waals surface area contributed by atoms with Crippen LogP contribution in [0, 0.1) is 0 Å². The summed E-state index contributed by atoms with van der Waals surface area (Å²) < 4.78 is 6.30. The van der Waals surface area contributed by atoms with Crippen molar-refractivity contribution in [1.29, 1.82) is 0 Å². The lowest BCUT2D eigenvalue weighted by Crippen LogP contribution is -2.15. The van der Waals surface area contributed by atoms with Crippen LogP contribution in [0.5, 0.6) is 0 Å². The summed E-state index contributed by atoms with van der Waals surface area (Å²) >= 11 is 13.1. The first kappa shape index (κ1) is 13.5. The third-order valence-corrected chi connectivity index (χ3v) is 3.73. The molecule has 0 aliphatic rings. The van der Waals surface area contributed by atoms with E-state index in [4.69, 9.17) is 23.2 Å². The molecule has 8 heteroatoms. The number of ether oxygens (including phenoxy) is 1. The molecule has 2 rings (SSSR count). The maximum atomic E-state index is 11.4. The molecular formula is C10H9Cl2N3O2S. The Morgan fingerprint density at radius 3 is 2.89 bits per heavy atom.